The van der Waals surface area contributed by atoms with E-state index in [0.717, 1.165) is 0 Å². The first kappa shape index (κ1) is 5.24. The van der Waals surface area contributed by atoms with Crippen LogP contribution in [0.3, 0.4) is 0 Å². The number of amides is 1. The van der Waals surface area contributed by atoms with E-state index < -0.39 is 0 Å². The van der Waals surface area contributed by atoms with Gasteiger partial charge in [0.1, 0.15) is 0 Å². The first-order chi connectivity index (χ1) is 3.83. The van der Waals surface area contributed by atoms with Crippen LogP contribution in [0, 0.1) is 0 Å². The number of carbonyl (C=O) groups excluding carboxylic acids is 1. The molecule has 44 valence electrons. The molecule has 4 nitrogen and oxygen atoms in total. The molecular formula is C4H6NO3+. The average molecular weight is 116 g/mol. The highest BCUT2D eigenvalue weighted by Crippen LogP contribution is 1.90. The average Bonchev–Trinajstić information content (AvgIpc) is 2.14. The third-order valence-electron chi connectivity index (χ3n) is 0.968. The van der Waals surface area contributed by atoms with Crippen LogP contribution in [0.5, 0.6) is 0 Å². The van der Waals surface area contributed by atoms with Gasteiger partial charge in [0.2, 0.25) is 0 Å². The van der Waals surface area contributed by atoms with Crippen molar-refractivity contribution >= 4 is 11.8 Å². The second-order valence-corrected chi connectivity index (χ2v) is 1.56. The molecule has 0 fully saturated rings. The van der Waals surface area contributed by atoms with Crippen molar-refractivity contribution in [3.8, 4) is 0 Å². The SMILES string of the molecule is O=C1CCC(OO)=[NH+]1. The second-order valence-electron chi connectivity index (χ2n) is 1.56. The van der Waals surface area contributed by atoms with Crippen LogP contribution in [0.15, 0.2) is 0 Å². The Morgan fingerprint density at radius 1 is 1.62 bits per heavy atom. The zero-order valence-corrected chi connectivity index (χ0v) is 4.18. The van der Waals surface area contributed by atoms with Gasteiger partial charge in [-0.25, -0.2) is 4.79 Å². The lowest BCUT2D eigenvalue weighted by Crippen LogP contribution is -2.73. The first-order valence-electron chi connectivity index (χ1n) is 2.30. The van der Waals surface area contributed by atoms with Crippen molar-refractivity contribution in [2.45, 2.75) is 12.8 Å². The Bertz CT molecular complexity index is 140. The van der Waals surface area contributed by atoms with Crippen LogP contribution in [-0.4, -0.2) is 17.1 Å². The van der Waals surface area contributed by atoms with Crippen molar-refractivity contribution in [2.75, 3.05) is 0 Å². The van der Waals surface area contributed by atoms with Crippen molar-refractivity contribution < 1.29 is 19.9 Å². The van der Waals surface area contributed by atoms with Gasteiger partial charge in [-0.05, 0) is 0 Å². The minimum atomic E-state index is -0.103. The van der Waals surface area contributed by atoms with Gasteiger partial charge >= 0.3 is 11.8 Å². The molecule has 0 bridgehead atoms. The fraction of sp³-hybridized carbons (Fsp3) is 0.500. The van der Waals surface area contributed by atoms with E-state index in [1.165, 1.54) is 0 Å². The van der Waals surface area contributed by atoms with Gasteiger partial charge in [-0.15, -0.1) is 4.99 Å². The number of hydrogen-bond donors (Lipinski definition) is 2. The largest absolute Gasteiger partial charge is 0.388 e. The normalized spacial score (nSPS) is 18.6. The summed E-state index contributed by atoms with van der Waals surface area (Å²) in [4.78, 5) is 16.4. The highest BCUT2D eigenvalue weighted by molar-refractivity contribution is 5.84. The van der Waals surface area contributed by atoms with Crippen molar-refractivity contribution in [3.63, 3.8) is 0 Å². The topological polar surface area (TPSA) is 60.5 Å². The molecule has 1 aliphatic heterocycles. The molecule has 1 rings (SSSR count). The van der Waals surface area contributed by atoms with E-state index in [4.69, 9.17) is 5.26 Å². The highest BCUT2D eigenvalue weighted by atomic mass is 17.1. The Labute approximate surface area is 45.7 Å². The summed E-state index contributed by atoms with van der Waals surface area (Å²) in [5.41, 5.74) is 0. The Hall–Kier alpha value is -0.900. The predicted octanol–water partition coefficient (Wildman–Crippen LogP) is -1.72. The van der Waals surface area contributed by atoms with Crippen LogP contribution in [-0.2, 0) is 9.68 Å². The Kier molecular flexibility index (Phi) is 1.26. The molecule has 0 radical (unpaired) electrons. The maximum Gasteiger partial charge on any atom is 0.388 e. The standard InChI is InChI=1S/C4H5NO3/c6-3-1-2-4(5-3)8-7/h7H,1-2H2/p+1. The Morgan fingerprint density at radius 3 is 2.62 bits per heavy atom. The van der Waals surface area contributed by atoms with E-state index in [2.05, 4.69) is 9.88 Å². The van der Waals surface area contributed by atoms with Crippen molar-refractivity contribution in [3.05, 3.63) is 0 Å². The molecule has 0 aromatic rings. The summed E-state index contributed by atoms with van der Waals surface area (Å²) in [5.74, 6) is 0.143. The molecule has 8 heavy (non-hydrogen) atoms. The fourth-order valence-electron chi connectivity index (χ4n) is 0.576. The maximum absolute atomic E-state index is 10.3. The molecule has 1 amide bonds. The molecule has 0 aromatic heterocycles. The summed E-state index contributed by atoms with van der Waals surface area (Å²) >= 11 is 0. The summed E-state index contributed by atoms with van der Waals surface area (Å²) in [7, 11) is 0. The van der Waals surface area contributed by atoms with Crippen LogP contribution < -0.4 is 4.99 Å². The third-order valence-corrected chi connectivity index (χ3v) is 0.968. The first-order valence-corrected chi connectivity index (χ1v) is 2.30. The summed E-state index contributed by atoms with van der Waals surface area (Å²) in [6.45, 7) is 0. The zero-order chi connectivity index (χ0) is 5.98. The van der Waals surface area contributed by atoms with Gasteiger partial charge in [-0.2, -0.15) is 5.26 Å². The van der Waals surface area contributed by atoms with Crippen molar-refractivity contribution in [1.82, 2.24) is 0 Å². The molecule has 1 aliphatic rings. The summed E-state index contributed by atoms with van der Waals surface area (Å²) in [5, 5.41) is 7.93. The Balaban J connectivity index is 2.57. The fourth-order valence-corrected chi connectivity index (χ4v) is 0.576. The molecule has 2 N–H and O–H groups in total. The quantitative estimate of drug-likeness (QED) is 0.292. The lowest BCUT2D eigenvalue weighted by molar-refractivity contribution is -0.395. The minimum Gasteiger partial charge on any atom is -0.278 e. The minimum absolute atomic E-state index is 0.103. The molecule has 0 aliphatic carbocycles. The molecule has 4 heteroatoms. The van der Waals surface area contributed by atoms with Gasteiger partial charge in [0, 0.05) is 0 Å². The van der Waals surface area contributed by atoms with E-state index >= 15 is 0 Å². The van der Waals surface area contributed by atoms with E-state index in [-0.39, 0.29) is 11.8 Å². The third kappa shape index (κ3) is 0.840. The van der Waals surface area contributed by atoms with Gasteiger partial charge in [-0.3, -0.25) is 4.89 Å². The van der Waals surface area contributed by atoms with Gasteiger partial charge in [-0.1, -0.05) is 0 Å². The number of carbonyl (C=O) groups is 1. The predicted molar refractivity (Wildman–Crippen MR) is 23.9 cm³/mol. The molecule has 0 aromatic carbocycles. The van der Waals surface area contributed by atoms with Gasteiger partial charge < -0.3 is 0 Å². The van der Waals surface area contributed by atoms with Crippen LogP contribution in [0.4, 0.5) is 0 Å². The Morgan fingerprint density at radius 2 is 2.38 bits per heavy atom. The lowest BCUT2D eigenvalue weighted by atomic mass is 10.4. The molecular weight excluding hydrogens is 110 g/mol. The molecule has 0 spiro atoms. The molecule has 0 atom stereocenters. The zero-order valence-electron chi connectivity index (χ0n) is 4.18. The lowest BCUT2D eigenvalue weighted by Gasteiger charge is -1.79. The molecule has 1 heterocycles. The van der Waals surface area contributed by atoms with E-state index in [0.29, 0.717) is 12.8 Å². The van der Waals surface area contributed by atoms with Gasteiger partial charge in [0.05, 0.1) is 12.8 Å². The molecule has 0 unspecified atom stereocenters. The van der Waals surface area contributed by atoms with E-state index in [1.807, 2.05) is 0 Å². The van der Waals surface area contributed by atoms with Crippen molar-refractivity contribution in [2.24, 2.45) is 0 Å². The second kappa shape index (κ2) is 1.92. The number of hydrogen-bond acceptors (Lipinski definition) is 3. The highest BCUT2D eigenvalue weighted by Gasteiger charge is 2.23. The summed E-state index contributed by atoms with van der Waals surface area (Å²) < 4.78 is 0. The number of rotatable bonds is 0. The van der Waals surface area contributed by atoms with Crippen LogP contribution >= 0.6 is 0 Å². The number of nitrogens with one attached hydrogen (secondary N) is 1. The van der Waals surface area contributed by atoms with Gasteiger partial charge in [0.25, 0.3) is 0 Å². The monoisotopic (exact) mass is 116 g/mol. The smallest absolute Gasteiger partial charge is 0.278 e. The van der Waals surface area contributed by atoms with Crippen LogP contribution in [0.2, 0.25) is 0 Å². The molecule has 0 saturated heterocycles. The molecule has 0 saturated carbocycles. The van der Waals surface area contributed by atoms with E-state index in [1.54, 1.807) is 0 Å². The van der Waals surface area contributed by atoms with Gasteiger partial charge in [0.15, 0.2) is 0 Å². The van der Waals surface area contributed by atoms with E-state index in [9.17, 15) is 4.79 Å². The van der Waals surface area contributed by atoms with Crippen LogP contribution in [0.25, 0.3) is 0 Å². The summed E-state index contributed by atoms with van der Waals surface area (Å²) in [6.07, 6.45) is 0.894. The van der Waals surface area contributed by atoms with Crippen LogP contribution in [0.1, 0.15) is 12.8 Å². The van der Waals surface area contributed by atoms with Crippen molar-refractivity contribution in [1.29, 1.82) is 0 Å². The summed E-state index contributed by atoms with van der Waals surface area (Å²) in [6, 6.07) is 0. The maximum atomic E-state index is 10.3.